The molecule has 0 bridgehead atoms. The van der Waals surface area contributed by atoms with Gasteiger partial charge in [-0.2, -0.15) is 0 Å². The Bertz CT molecular complexity index is 348. The molecule has 1 amide bonds. The Morgan fingerprint density at radius 3 is 2.50 bits per heavy atom. The summed E-state index contributed by atoms with van der Waals surface area (Å²) >= 11 is 0. The molecule has 2 fully saturated rings. The van der Waals surface area contributed by atoms with E-state index in [1.165, 1.54) is 0 Å². The first-order valence-corrected chi connectivity index (χ1v) is 7.56. The minimum Gasteiger partial charge on any atom is -0.444 e. The molecule has 5 heteroatoms. The highest BCUT2D eigenvalue weighted by Gasteiger charge is 2.35. The predicted molar refractivity (Wildman–Crippen MR) is 77.7 cm³/mol. The Balaban J connectivity index is 1.66. The monoisotopic (exact) mass is 284 g/mol. The molecular weight excluding hydrogens is 256 g/mol. The fourth-order valence-corrected chi connectivity index (χ4v) is 2.72. The maximum Gasteiger partial charge on any atom is 0.407 e. The molecule has 5 nitrogen and oxygen atoms in total. The van der Waals surface area contributed by atoms with Crippen LogP contribution in [-0.4, -0.2) is 43.5 Å². The topological polar surface area (TPSA) is 59.6 Å². The summed E-state index contributed by atoms with van der Waals surface area (Å²) in [7, 11) is 0. The van der Waals surface area contributed by atoms with E-state index < -0.39 is 5.60 Å². The molecule has 2 aliphatic rings. The van der Waals surface area contributed by atoms with Gasteiger partial charge in [0.2, 0.25) is 0 Å². The van der Waals surface area contributed by atoms with Gasteiger partial charge < -0.3 is 20.1 Å². The van der Waals surface area contributed by atoms with Gasteiger partial charge in [-0.15, -0.1) is 0 Å². The van der Waals surface area contributed by atoms with Crippen LogP contribution in [0.1, 0.15) is 47.0 Å². The third-order valence-corrected chi connectivity index (χ3v) is 3.87. The standard InChI is InChI=1S/C15H28N2O3/c1-14(2,3)20-13(18)17-12-6-5-11(7-12)16-8-15(4)9-19-10-15/h11-12,16H,5-10H2,1-4H3,(H,17,18). The molecule has 1 aliphatic carbocycles. The van der Waals surface area contributed by atoms with Crippen LogP contribution in [0, 0.1) is 5.41 Å². The van der Waals surface area contributed by atoms with Crippen molar-refractivity contribution in [3.8, 4) is 0 Å². The molecule has 2 N–H and O–H groups in total. The van der Waals surface area contributed by atoms with Crippen molar-refractivity contribution < 1.29 is 14.3 Å². The van der Waals surface area contributed by atoms with Crippen LogP contribution in [0.2, 0.25) is 0 Å². The maximum absolute atomic E-state index is 11.7. The van der Waals surface area contributed by atoms with Crippen LogP contribution in [0.25, 0.3) is 0 Å². The minimum atomic E-state index is -0.431. The zero-order chi connectivity index (χ0) is 14.8. The molecule has 0 aromatic carbocycles. The van der Waals surface area contributed by atoms with E-state index in [-0.39, 0.29) is 12.1 Å². The average Bonchev–Trinajstić information content (AvgIpc) is 2.68. The summed E-state index contributed by atoms with van der Waals surface area (Å²) in [6.07, 6.45) is 2.81. The lowest BCUT2D eigenvalue weighted by Gasteiger charge is -2.39. The molecule has 0 aromatic heterocycles. The molecule has 2 unspecified atom stereocenters. The Kier molecular flexibility index (Phi) is 4.59. The highest BCUT2D eigenvalue weighted by atomic mass is 16.6. The van der Waals surface area contributed by atoms with Gasteiger partial charge in [0.05, 0.1) is 13.2 Å². The van der Waals surface area contributed by atoms with Gasteiger partial charge in [-0.1, -0.05) is 6.92 Å². The number of amides is 1. The summed E-state index contributed by atoms with van der Waals surface area (Å²) in [6.45, 7) is 10.6. The number of rotatable bonds is 4. The van der Waals surface area contributed by atoms with Gasteiger partial charge in [-0.05, 0) is 40.0 Å². The van der Waals surface area contributed by atoms with Crippen molar-refractivity contribution in [1.82, 2.24) is 10.6 Å². The molecule has 20 heavy (non-hydrogen) atoms. The van der Waals surface area contributed by atoms with Crippen LogP contribution in [0.15, 0.2) is 0 Å². The second-order valence-corrected chi connectivity index (χ2v) is 7.54. The van der Waals surface area contributed by atoms with Crippen molar-refractivity contribution in [3.05, 3.63) is 0 Å². The lowest BCUT2D eigenvalue weighted by molar-refractivity contribution is -0.0999. The second kappa shape index (κ2) is 5.90. The molecule has 2 atom stereocenters. The predicted octanol–water partition coefficient (Wildman–Crippen LogP) is 2.06. The van der Waals surface area contributed by atoms with E-state index in [1.54, 1.807) is 0 Å². The zero-order valence-electron chi connectivity index (χ0n) is 13.1. The van der Waals surface area contributed by atoms with Crippen molar-refractivity contribution >= 4 is 6.09 Å². The molecule has 1 aliphatic heterocycles. The van der Waals surface area contributed by atoms with Gasteiger partial charge in [0.25, 0.3) is 0 Å². The summed E-state index contributed by atoms with van der Waals surface area (Å²) in [5.41, 5.74) is -0.129. The summed E-state index contributed by atoms with van der Waals surface area (Å²) < 4.78 is 10.5. The molecule has 1 heterocycles. The van der Waals surface area contributed by atoms with Crippen molar-refractivity contribution in [3.63, 3.8) is 0 Å². The SMILES string of the molecule is CC1(CNC2CCC(NC(=O)OC(C)(C)C)C2)COC1. The van der Waals surface area contributed by atoms with Crippen LogP contribution in [0.4, 0.5) is 4.79 Å². The van der Waals surface area contributed by atoms with Crippen molar-refractivity contribution in [2.75, 3.05) is 19.8 Å². The minimum absolute atomic E-state index is 0.229. The Labute approximate surface area is 121 Å². The molecule has 1 saturated carbocycles. The maximum atomic E-state index is 11.7. The number of nitrogens with one attached hydrogen (secondary N) is 2. The highest BCUT2D eigenvalue weighted by Crippen LogP contribution is 2.27. The smallest absolute Gasteiger partial charge is 0.407 e. The van der Waals surface area contributed by atoms with Crippen molar-refractivity contribution in [2.24, 2.45) is 5.41 Å². The van der Waals surface area contributed by atoms with Crippen LogP contribution in [0.5, 0.6) is 0 Å². The fraction of sp³-hybridized carbons (Fsp3) is 0.933. The van der Waals surface area contributed by atoms with Crippen LogP contribution >= 0.6 is 0 Å². The zero-order valence-corrected chi connectivity index (χ0v) is 13.1. The van der Waals surface area contributed by atoms with Crippen LogP contribution < -0.4 is 10.6 Å². The summed E-state index contributed by atoms with van der Waals surface area (Å²) in [5, 5.41) is 6.57. The van der Waals surface area contributed by atoms with Crippen LogP contribution in [-0.2, 0) is 9.47 Å². The van der Waals surface area contributed by atoms with Gasteiger partial charge in [0.1, 0.15) is 5.60 Å². The van der Waals surface area contributed by atoms with E-state index in [2.05, 4.69) is 17.6 Å². The van der Waals surface area contributed by atoms with E-state index in [9.17, 15) is 4.79 Å². The molecule has 116 valence electrons. The van der Waals surface area contributed by atoms with Gasteiger partial charge in [-0.3, -0.25) is 0 Å². The quantitative estimate of drug-likeness (QED) is 0.829. The lowest BCUT2D eigenvalue weighted by atomic mass is 9.88. The van der Waals surface area contributed by atoms with E-state index in [0.29, 0.717) is 11.5 Å². The number of ether oxygens (including phenoxy) is 2. The highest BCUT2D eigenvalue weighted by molar-refractivity contribution is 5.68. The first-order valence-electron chi connectivity index (χ1n) is 7.56. The summed E-state index contributed by atoms with van der Waals surface area (Å²) in [6, 6.07) is 0.722. The Morgan fingerprint density at radius 2 is 1.95 bits per heavy atom. The first-order chi connectivity index (χ1) is 9.26. The van der Waals surface area contributed by atoms with Crippen LogP contribution in [0.3, 0.4) is 0 Å². The van der Waals surface area contributed by atoms with Gasteiger partial charge in [0.15, 0.2) is 0 Å². The number of carbonyl (C=O) groups excluding carboxylic acids is 1. The lowest BCUT2D eigenvalue weighted by Crippen LogP contribution is -2.49. The normalized spacial score (nSPS) is 28.8. The molecular formula is C15H28N2O3. The van der Waals surface area contributed by atoms with Gasteiger partial charge in [-0.25, -0.2) is 4.79 Å². The summed E-state index contributed by atoms with van der Waals surface area (Å²) in [4.78, 5) is 11.7. The molecule has 2 rings (SSSR count). The van der Waals surface area contributed by atoms with E-state index in [0.717, 1.165) is 39.0 Å². The molecule has 1 saturated heterocycles. The van der Waals surface area contributed by atoms with E-state index in [1.807, 2.05) is 20.8 Å². The number of carbonyl (C=O) groups is 1. The summed E-state index contributed by atoms with van der Waals surface area (Å²) in [5.74, 6) is 0. The van der Waals surface area contributed by atoms with Gasteiger partial charge >= 0.3 is 6.09 Å². The molecule has 0 radical (unpaired) electrons. The number of hydrogen-bond donors (Lipinski definition) is 2. The first kappa shape index (κ1) is 15.6. The number of alkyl carbamates (subject to hydrolysis) is 1. The molecule has 0 aromatic rings. The van der Waals surface area contributed by atoms with Gasteiger partial charge in [0, 0.05) is 24.0 Å². The Hall–Kier alpha value is -0.810. The van der Waals surface area contributed by atoms with Crippen molar-refractivity contribution in [1.29, 1.82) is 0 Å². The third kappa shape index (κ3) is 4.63. The number of hydrogen-bond acceptors (Lipinski definition) is 4. The Morgan fingerprint density at radius 1 is 1.30 bits per heavy atom. The van der Waals surface area contributed by atoms with Crippen molar-refractivity contribution in [2.45, 2.75) is 64.6 Å². The van der Waals surface area contributed by atoms with E-state index >= 15 is 0 Å². The largest absolute Gasteiger partial charge is 0.444 e. The second-order valence-electron chi connectivity index (χ2n) is 7.54. The average molecular weight is 284 g/mol. The third-order valence-electron chi connectivity index (χ3n) is 3.87. The fourth-order valence-electron chi connectivity index (χ4n) is 2.72. The molecule has 0 spiro atoms. The van der Waals surface area contributed by atoms with E-state index in [4.69, 9.17) is 9.47 Å².